The van der Waals surface area contributed by atoms with Gasteiger partial charge in [-0.25, -0.2) is 9.78 Å². The molecular formula is C42H50N10O8. The summed E-state index contributed by atoms with van der Waals surface area (Å²) in [6.07, 6.45) is 6.59. The minimum absolute atomic E-state index is 0.107. The first-order valence-electron chi connectivity index (χ1n) is 18.9. The Balaban J connectivity index is 1.26. The molecule has 4 amide bonds. The normalized spacial score (nSPS) is 11.5. The molecule has 9 N–H and O–H groups in total. The fraction of sp³-hybridized carbons (Fsp3) is 0.286. The molecule has 0 aliphatic carbocycles. The molecule has 0 unspecified atom stereocenters. The van der Waals surface area contributed by atoms with Crippen LogP contribution >= 0.6 is 0 Å². The van der Waals surface area contributed by atoms with Crippen molar-refractivity contribution in [1.82, 2.24) is 19.3 Å². The van der Waals surface area contributed by atoms with Gasteiger partial charge in [-0.15, -0.1) is 0 Å². The lowest BCUT2D eigenvalue weighted by atomic mass is 10.1. The Morgan fingerprint density at radius 3 is 2.25 bits per heavy atom. The van der Waals surface area contributed by atoms with E-state index in [4.69, 9.17) is 36.1 Å². The lowest BCUT2D eigenvalue weighted by Crippen LogP contribution is -2.27. The maximum Gasteiger partial charge on any atom is 0.412 e. The number of aromatic nitrogens is 4. The first kappa shape index (κ1) is 43.6. The number of hydrogen-bond donors (Lipinski definition) is 6. The zero-order valence-corrected chi connectivity index (χ0v) is 34.3. The molecular weight excluding hydrogens is 773 g/mol. The molecule has 2 aromatic heterocycles. The first-order chi connectivity index (χ1) is 28.6. The number of imidazole rings is 1. The number of allylic oxidation sites excluding steroid dienone is 1. The van der Waals surface area contributed by atoms with Gasteiger partial charge < -0.3 is 46.0 Å². The third-order valence-electron chi connectivity index (χ3n) is 8.57. The van der Waals surface area contributed by atoms with Crippen LogP contribution in [0.5, 0.6) is 17.2 Å². The number of nitrogens with one attached hydrogen (secondary N) is 3. The van der Waals surface area contributed by atoms with Crippen LogP contribution in [0.4, 0.5) is 27.8 Å². The average molecular weight is 823 g/mol. The number of nitrogens with zero attached hydrogens (tertiary/aromatic N) is 4. The molecule has 0 bridgehead atoms. The second-order valence-corrected chi connectivity index (χ2v) is 14.3. The summed E-state index contributed by atoms with van der Waals surface area (Å²) < 4.78 is 26.1. The average Bonchev–Trinajstić information content (AvgIpc) is 3.74. The first-order valence-corrected chi connectivity index (χ1v) is 18.9. The zero-order chi connectivity index (χ0) is 43.6. The number of fused-ring (bicyclic) bond motifs is 1. The van der Waals surface area contributed by atoms with Crippen LogP contribution in [0, 0.1) is 6.92 Å². The predicted molar refractivity (Wildman–Crippen MR) is 229 cm³/mol. The van der Waals surface area contributed by atoms with Crippen molar-refractivity contribution in [1.29, 1.82) is 0 Å². The van der Waals surface area contributed by atoms with Crippen LogP contribution in [-0.4, -0.2) is 75.6 Å². The van der Waals surface area contributed by atoms with Crippen molar-refractivity contribution in [2.45, 2.75) is 53.3 Å². The molecule has 0 spiro atoms. The van der Waals surface area contributed by atoms with Crippen LogP contribution < -0.4 is 47.4 Å². The summed E-state index contributed by atoms with van der Waals surface area (Å²) in [5.41, 5.74) is 20.4. The lowest BCUT2D eigenvalue weighted by molar-refractivity contribution is 0.0635. The minimum atomic E-state index is -0.673. The highest BCUT2D eigenvalue weighted by Crippen LogP contribution is 2.33. The van der Waals surface area contributed by atoms with Gasteiger partial charge in [0.05, 0.1) is 24.0 Å². The molecule has 0 saturated heterocycles. The summed E-state index contributed by atoms with van der Waals surface area (Å²) in [6, 6.07) is 14.6. The van der Waals surface area contributed by atoms with E-state index in [0.29, 0.717) is 57.6 Å². The van der Waals surface area contributed by atoms with Gasteiger partial charge in [-0.1, -0.05) is 18.2 Å². The zero-order valence-electron chi connectivity index (χ0n) is 34.3. The molecule has 0 aliphatic rings. The molecule has 0 atom stereocenters. The van der Waals surface area contributed by atoms with E-state index in [0.717, 1.165) is 0 Å². The van der Waals surface area contributed by atoms with Crippen molar-refractivity contribution in [3.05, 3.63) is 101 Å². The largest absolute Gasteiger partial charge is 0.494 e. The van der Waals surface area contributed by atoms with Crippen molar-refractivity contribution >= 4 is 57.9 Å². The standard InChI is InChI=1S/C42H50N10O8/c1-7-52-32(19-25(2)50-52)39(55)49-40-48-31-21-27(38(45)54)23-34(57-6)36(31)51(40)16-9-8-15-46-35-30(43)20-26(37(44)53)22-33(35)59-18-11-10-17-58-29-14-12-13-28(24-29)47-41(56)60-42(3,4)5/h8-14,19-24,46H,7,15-18,43H2,1-6H3,(H2,44,53)(H2,45,54)(H,47,56)(H,48,49,55)/b9-8+,11-10+. The molecule has 60 heavy (non-hydrogen) atoms. The van der Waals surface area contributed by atoms with E-state index in [2.05, 4.69) is 26.0 Å². The number of benzene rings is 3. The van der Waals surface area contributed by atoms with Crippen LogP contribution in [-0.2, 0) is 17.8 Å². The van der Waals surface area contributed by atoms with Crippen LogP contribution in [0.25, 0.3) is 11.0 Å². The van der Waals surface area contributed by atoms with Gasteiger partial charge in [-0.3, -0.25) is 29.7 Å². The van der Waals surface area contributed by atoms with Crippen LogP contribution in [0.2, 0.25) is 0 Å². The highest BCUT2D eigenvalue weighted by molar-refractivity contribution is 6.04. The third-order valence-corrected chi connectivity index (χ3v) is 8.57. The summed E-state index contributed by atoms with van der Waals surface area (Å²) in [4.78, 5) is 54.4. The van der Waals surface area contributed by atoms with Crippen molar-refractivity contribution in [3.63, 3.8) is 0 Å². The number of rotatable bonds is 18. The SMILES string of the molecule is CCn1nc(C)cc1C(=O)Nc1nc2cc(C(N)=O)cc(OC)c2n1C/C=C/CNc1c(N)cc(C(N)=O)cc1OC/C=C/COc1cccc(NC(=O)OC(C)(C)C)c1. The van der Waals surface area contributed by atoms with E-state index in [1.807, 2.05) is 19.1 Å². The Morgan fingerprint density at radius 1 is 0.867 bits per heavy atom. The number of hydrogen-bond acceptors (Lipinski definition) is 12. The Kier molecular flexibility index (Phi) is 14.0. The van der Waals surface area contributed by atoms with Gasteiger partial charge in [0.1, 0.15) is 53.0 Å². The van der Waals surface area contributed by atoms with Gasteiger partial charge in [0, 0.05) is 42.5 Å². The molecule has 18 heteroatoms. The number of primary amides is 2. The monoisotopic (exact) mass is 822 g/mol. The maximum absolute atomic E-state index is 13.5. The van der Waals surface area contributed by atoms with Gasteiger partial charge in [0.25, 0.3) is 5.91 Å². The Bertz CT molecular complexity index is 2440. The molecule has 0 aliphatic heterocycles. The topological polar surface area (TPSA) is 255 Å². The van der Waals surface area contributed by atoms with Crippen LogP contribution in [0.3, 0.4) is 0 Å². The van der Waals surface area contributed by atoms with Crippen LogP contribution in [0.15, 0.2) is 78.9 Å². The van der Waals surface area contributed by atoms with Gasteiger partial charge in [-0.2, -0.15) is 5.10 Å². The Morgan fingerprint density at radius 2 is 1.57 bits per heavy atom. The smallest absolute Gasteiger partial charge is 0.412 e. The second-order valence-electron chi connectivity index (χ2n) is 14.3. The van der Waals surface area contributed by atoms with Gasteiger partial charge >= 0.3 is 6.09 Å². The summed E-state index contributed by atoms with van der Waals surface area (Å²) in [7, 11) is 1.46. The van der Waals surface area contributed by atoms with Crippen molar-refractivity contribution < 1.29 is 38.1 Å². The minimum Gasteiger partial charge on any atom is -0.494 e. The van der Waals surface area contributed by atoms with Gasteiger partial charge in [0.15, 0.2) is 0 Å². The summed E-state index contributed by atoms with van der Waals surface area (Å²) in [5, 5.41) is 13.2. The van der Waals surface area contributed by atoms with Gasteiger partial charge in [-0.05, 0) is 89.2 Å². The Hall–Kier alpha value is -7.50. The number of aryl methyl sites for hydroxylation is 2. The molecule has 3 aromatic carbocycles. The predicted octanol–water partition coefficient (Wildman–Crippen LogP) is 5.63. The number of nitrogen functional groups attached to an aromatic ring is 1. The van der Waals surface area contributed by atoms with Gasteiger partial charge in [0.2, 0.25) is 17.8 Å². The number of carbonyl (C=O) groups is 4. The fourth-order valence-electron chi connectivity index (χ4n) is 5.95. The number of carbonyl (C=O) groups excluding carboxylic acids is 4. The molecule has 0 saturated carbocycles. The summed E-state index contributed by atoms with van der Waals surface area (Å²) >= 11 is 0. The molecule has 5 aromatic rings. The van der Waals surface area contributed by atoms with E-state index in [1.54, 1.807) is 79.4 Å². The molecule has 2 heterocycles. The quantitative estimate of drug-likeness (QED) is 0.0464. The van der Waals surface area contributed by atoms with E-state index in [-0.39, 0.29) is 49.1 Å². The Labute approximate surface area is 346 Å². The number of anilines is 4. The van der Waals surface area contributed by atoms with E-state index in [1.165, 1.54) is 31.4 Å². The van der Waals surface area contributed by atoms with Crippen LogP contribution in [0.1, 0.15) is 64.6 Å². The summed E-state index contributed by atoms with van der Waals surface area (Å²) in [6.45, 7) is 10.3. The molecule has 18 nitrogen and oxygen atoms in total. The van der Waals surface area contributed by atoms with Crippen molar-refractivity contribution in [3.8, 4) is 17.2 Å². The summed E-state index contributed by atoms with van der Waals surface area (Å²) in [5.74, 6) is -0.379. The number of nitrogens with two attached hydrogens (primary N) is 3. The highest BCUT2D eigenvalue weighted by atomic mass is 16.6. The number of ether oxygens (including phenoxy) is 4. The third kappa shape index (κ3) is 11.3. The highest BCUT2D eigenvalue weighted by Gasteiger charge is 2.22. The molecule has 316 valence electrons. The number of amides is 4. The lowest BCUT2D eigenvalue weighted by Gasteiger charge is -2.19. The second kappa shape index (κ2) is 19.3. The molecule has 0 radical (unpaired) electrons. The van der Waals surface area contributed by atoms with E-state index < -0.39 is 29.4 Å². The van der Waals surface area contributed by atoms with Crippen molar-refractivity contribution in [2.24, 2.45) is 11.5 Å². The van der Waals surface area contributed by atoms with E-state index in [9.17, 15) is 19.2 Å². The molecule has 0 fully saturated rings. The fourth-order valence-corrected chi connectivity index (χ4v) is 5.95. The van der Waals surface area contributed by atoms with Crippen molar-refractivity contribution in [2.75, 3.05) is 48.6 Å². The maximum atomic E-state index is 13.5. The van der Waals surface area contributed by atoms with E-state index >= 15 is 0 Å². The number of methoxy groups -OCH3 is 1. The molecule has 5 rings (SSSR count).